The number of anilines is 1. The molecule has 3 heterocycles. The first-order valence-electron chi connectivity index (χ1n) is 30.2. The van der Waals surface area contributed by atoms with E-state index in [1.54, 1.807) is 51.1 Å². The van der Waals surface area contributed by atoms with Gasteiger partial charge in [0.2, 0.25) is 11.8 Å². The first kappa shape index (κ1) is 66.8. The maximum absolute atomic E-state index is 13.9. The van der Waals surface area contributed by atoms with Gasteiger partial charge in [-0.3, -0.25) is 24.0 Å². The van der Waals surface area contributed by atoms with E-state index in [1.165, 1.54) is 19.1 Å². The molecule has 8 N–H and O–H groups in total. The summed E-state index contributed by atoms with van der Waals surface area (Å²) in [5.41, 5.74) is 10.8. The minimum absolute atomic E-state index is 0.0582. The number of fused-ring (bicyclic) bond motifs is 3. The number of primary amides is 1. The number of benzene rings is 3. The third-order valence-electron chi connectivity index (χ3n) is 16.3. The van der Waals surface area contributed by atoms with Crippen LogP contribution >= 0.6 is 0 Å². The smallest absolute Gasteiger partial charge is 0.407 e. The normalized spacial score (nSPS) is 23.4. The summed E-state index contributed by atoms with van der Waals surface area (Å²) in [5.74, 6) is -2.74. The van der Waals surface area contributed by atoms with Gasteiger partial charge in [-0.15, -0.1) is 0 Å². The van der Waals surface area contributed by atoms with E-state index in [1.807, 2.05) is 68.5 Å². The molecule has 3 saturated heterocycles. The van der Waals surface area contributed by atoms with Crippen molar-refractivity contribution in [3.05, 3.63) is 125 Å². The van der Waals surface area contributed by atoms with Crippen LogP contribution in [0.2, 0.25) is 0 Å². The number of allylic oxidation sites excluding steroid dienone is 2. The van der Waals surface area contributed by atoms with Crippen LogP contribution in [0.3, 0.4) is 0 Å². The number of hydrogen-bond donors (Lipinski definition) is 7. The average Bonchev–Trinajstić information content (AvgIpc) is 1.83. The van der Waals surface area contributed by atoms with Crippen molar-refractivity contribution in [1.29, 1.82) is 0 Å². The van der Waals surface area contributed by atoms with Gasteiger partial charge in [-0.2, -0.15) is 0 Å². The SMILES string of the molecule is CC(=O)O[C@@H](C)/C=C\C(=O)N[C@@H]1C[C@H](C)[C@H](C/C=C(C)/C=C/[C@H]2O[C@H](CC(=O)CCCNC(=O)OCc3ccc(NC(=O)[C@H](CCCNC(N)=O)CC(=O)[C@@H](NC(=O)OCC4c5ccccc5-c5ccccc54)C(C)C)cc3)C[C@@]3(CO3)[C@@H]2O)O[C@@H]1C. The lowest BCUT2D eigenvalue weighted by atomic mass is 9.86. The molecule has 0 unspecified atom stereocenters. The highest BCUT2D eigenvalue weighted by Gasteiger charge is 2.58. The Hall–Kier alpha value is -7.72. The zero-order valence-electron chi connectivity index (χ0n) is 50.9. The average molecular weight is 1200 g/mol. The largest absolute Gasteiger partial charge is 0.459 e. The highest BCUT2D eigenvalue weighted by atomic mass is 16.6. The molecular weight excluding hydrogens is 1120 g/mol. The molecule has 3 aliphatic heterocycles. The molecule has 21 nitrogen and oxygen atoms in total. The predicted octanol–water partition coefficient (Wildman–Crippen LogP) is 8.16. The van der Waals surface area contributed by atoms with Gasteiger partial charge in [0.25, 0.3) is 0 Å². The Kier molecular flexibility index (Phi) is 24.4. The molecule has 6 amide bonds. The summed E-state index contributed by atoms with van der Waals surface area (Å²) in [6.07, 6.45) is 7.12. The summed E-state index contributed by atoms with van der Waals surface area (Å²) in [6, 6.07) is 20.8. The van der Waals surface area contributed by atoms with Crippen LogP contribution in [0.25, 0.3) is 11.1 Å². The number of esters is 1. The van der Waals surface area contributed by atoms with Gasteiger partial charge in [0.1, 0.15) is 42.9 Å². The number of alkyl carbamates (subject to hydrolysis) is 2. The van der Waals surface area contributed by atoms with Gasteiger partial charge in [-0.25, -0.2) is 14.4 Å². The van der Waals surface area contributed by atoms with Gasteiger partial charge in [-0.05, 0) is 111 Å². The van der Waals surface area contributed by atoms with Crippen molar-refractivity contribution in [3.8, 4) is 11.1 Å². The van der Waals surface area contributed by atoms with Gasteiger partial charge in [0.15, 0.2) is 5.78 Å². The second-order valence-corrected chi connectivity index (χ2v) is 23.7. The molecule has 3 aromatic carbocycles. The van der Waals surface area contributed by atoms with Crippen molar-refractivity contribution >= 4 is 53.3 Å². The van der Waals surface area contributed by atoms with E-state index < -0.39 is 72.1 Å². The Balaban J connectivity index is 0.804. The zero-order valence-corrected chi connectivity index (χ0v) is 50.9. The van der Waals surface area contributed by atoms with Crippen molar-refractivity contribution in [2.45, 2.75) is 173 Å². The van der Waals surface area contributed by atoms with Crippen molar-refractivity contribution in [2.75, 3.05) is 31.6 Å². The Morgan fingerprint density at radius 2 is 1.52 bits per heavy atom. The molecule has 0 radical (unpaired) electrons. The molecule has 0 saturated carbocycles. The van der Waals surface area contributed by atoms with E-state index >= 15 is 0 Å². The van der Waals surface area contributed by atoms with Gasteiger partial charge < -0.3 is 65.8 Å². The zero-order chi connectivity index (χ0) is 62.8. The number of nitrogens with one attached hydrogen (secondary N) is 5. The Morgan fingerprint density at radius 1 is 0.839 bits per heavy atom. The van der Waals surface area contributed by atoms with E-state index in [0.29, 0.717) is 43.5 Å². The number of rotatable bonds is 29. The molecule has 7 rings (SSSR count). The molecule has 4 aliphatic rings. The fourth-order valence-electron chi connectivity index (χ4n) is 11.5. The summed E-state index contributed by atoms with van der Waals surface area (Å²) < 4.78 is 34.5. The number of hydrogen-bond acceptors (Lipinski definition) is 15. The summed E-state index contributed by atoms with van der Waals surface area (Å²) in [5, 5.41) is 25.0. The van der Waals surface area contributed by atoms with Crippen LogP contribution in [0.5, 0.6) is 0 Å². The second-order valence-electron chi connectivity index (χ2n) is 23.7. The minimum Gasteiger partial charge on any atom is -0.459 e. The van der Waals surface area contributed by atoms with Crippen LogP contribution in [0.4, 0.5) is 20.1 Å². The highest BCUT2D eigenvalue weighted by molar-refractivity contribution is 5.97. The standard InChI is InChI=1S/C66H86N6O15/c1-39(2)60(72-65(81)83-37-54-52-18-10-8-16-50(52)51-17-9-11-19-53(51)54)56(75)33-46(14-12-30-68-63(67)79)62(78)70-47-25-23-45(24-26-47)36-82-64(80)69-31-13-15-48(74)34-49-35-66(38-84-66)61(77)58(87-49)28-21-40(3)20-27-57-41(4)32-55(43(6)86-57)71-59(76)29-22-42(5)85-44(7)73/h8-11,16-26,28-29,39,41-43,46,49,54-55,57-58,60-61,77H,12-15,27,30-38H2,1-7H3,(H,69,80)(H,70,78)(H,71,76)(H,72,81)(H3,67,68,79)/b28-21+,29-22-,40-20+/t41-,42-,43+,46+,49+,55+,57-,58+,60-,61+,66+/m0/s1. The van der Waals surface area contributed by atoms with Crippen LogP contribution in [0.15, 0.2) is 109 Å². The summed E-state index contributed by atoms with van der Waals surface area (Å²) in [7, 11) is 0. The van der Waals surface area contributed by atoms with E-state index in [2.05, 4.69) is 39.6 Å². The van der Waals surface area contributed by atoms with E-state index in [9.17, 15) is 43.5 Å². The number of aliphatic hydroxyl groups is 1. The lowest BCUT2D eigenvalue weighted by Crippen LogP contribution is -2.50. The first-order valence-corrected chi connectivity index (χ1v) is 30.2. The summed E-state index contributed by atoms with van der Waals surface area (Å²) in [6.45, 7) is 13.3. The maximum atomic E-state index is 13.9. The molecule has 3 aromatic rings. The van der Waals surface area contributed by atoms with Gasteiger partial charge in [0.05, 0.1) is 37.0 Å². The number of Topliss-reactive ketones (excluding diaryl/α,β-unsaturated/α-hetero) is 2. The van der Waals surface area contributed by atoms with Crippen LogP contribution in [0, 0.1) is 17.8 Å². The molecule has 470 valence electrons. The van der Waals surface area contributed by atoms with Crippen LogP contribution in [-0.2, 0) is 59.0 Å². The lowest BCUT2D eigenvalue weighted by molar-refractivity contribution is -0.144. The van der Waals surface area contributed by atoms with Crippen molar-refractivity contribution in [1.82, 2.24) is 21.3 Å². The van der Waals surface area contributed by atoms with E-state index in [-0.39, 0.29) is 105 Å². The quantitative estimate of drug-likeness (QED) is 0.00861. The third kappa shape index (κ3) is 19.9. The first-order chi connectivity index (χ1) is 41.6. The molecule has 0 bridgehead atoms. The van der Waals surface area contributed by atoms with Crippen molar-refractivity contribution in [2.24, 2.45) is 23.5 Å². The molecule has 21 heteroatoms. The Labute approximate surface area is 509 Å². The van der Waals surface area contributed by atoms with Gasteiger partial charge >= 0.3 is 24.2 Å². The van der Waals surface area contributed by atoms with Crippen molar-refractivity contribution < 1.29 is 71.9 Å². The van der Waals surface area contributed by atoms with Gasteiger partial charge in [-0.1, -0.05) is 105 Å². The predicted molar refractivity (Wildman–Crippen MR) is 325 cm³/mol. The molecule has 87 heavy (non-hydrogen) atoms. The van der Waals surface area contributed by atoms with E-state index in [4.69, 9.17) is 34.2 Å². The van der Waals surface area contributed by atoms with Crippen LogP contribution in [-0.4, -0.2) is 133 Å². The molecule has 1 spiro atoms. The minimum atomic E-state index is -0.947. The van der Waals surface area contributed by atoms with Crippen molar-refractivity contribution in [3.63, 3.8) is 0 Å². The summed E-state index contributed by atoms with van der Waals surface area (Å²) in [4.78, 5) is 102. The van der Waals surface area contributed by atoms with E-state index in [0.717, 1.165) is 34.2 Å². The third-order valence-corrected chi connectivity index (χ3v) is 16.3. The Morgan fingerprint density at radius 3 is 2.17 bits per heavy atom. The molecule has 3 fully saturated rings. The second kappa shape index (κ2) is 31.8. The lowest BCUT2D eigenvalue weighted by Gasteiger charge is -2.39. The Bertz CT molecular complexity index is 2950. The summed E-state index contributed by atoms with van der Waals surface area (Å²) >= 11 is 0. The van der Waals surface area contributed by atoms with Crippen LogP contribution < -0.4 is 32.3 Å². The number of carbonyl (C=O) groups is 8. The molecular formula is C66H86N6O15. The van der Waals surface area contributed by atoms with Gasteiger partial charge in [0, 0.05) is 69.3 Å². The number of nitrogens with two attached hydrogens (primary N) is 1. The monoisotopic (exact) mass is 1200 g/mol. The number of ether oxygens (including phenoxy) is 6. The number of epoxide rings is 1. The number of urea groups is 1. The molecule has 1 aliphatic carbocycles. The highest BCUT2D eigenvalue weighted by Crippen LogP contribution is 2.45. The number of aliphatic hydroxyl groups excluding tert-OH is 1. The van der Waals surface area contributed by atoms with Crippen LogP contribution in [0.1, 0.15) is 129 Å². The molecule has 0 aromatic heterocycles. The molecule has 11 atom stereocenters. The fraction of sp³-hybridized carbons (Fsp3) is 0.515. The number of ketones is 2. The fourth-order valence-corrected chi connectivity index (χ4v) is 11.5. The topological polar surface area (TPSA) is 302 Å². The number of amides is 6. The maximum Gasteiger partial charge on any atom is 0.407 e. The number of carbonyl (C=O) groups excluding carboxylic acids is 8.